The van der Waals surface area contributed by atoms with E-state index in [9.17, 15) is 0 Å². The molecule has 2 nitrogen and oxygen atoms in total. The summed E-state index contributed by atoms with van der Waals surface area (Å²) >= 11 is 0. The van der Waals surface area contributed by atoms with E-state index in [1.807, 2.05) is 0 Å². The number of para-hydroxylation sites is 1. The molecule has 11 aromatic rings. The monoisotopic (exact) mass is 713 g/mol. The van der Waals surface area contributed by atoms with Gasteiger partial charge in [-0.2, -0.15) is 0 Å². The average Bonchev–Trinajstić information content (AvgIpc) is 3.66. The molecule has 0 amide bonds. The van der Waals surface area contributed by atoms with Gasteiger partial charge in [-0.3, -0.25) is 0 Å². The first-order valence-electron chi connectivity index (χ1n) is 19.2. The molecule has 0 spiro atoms. The van der Waals surface area contributed by atoms with Gasteiger partial charge in [0.2, 0.25) is 0 Å². The molecule has 0 aliphatic rings. The second-order valence-corrected chi connectivity index (χ2v) is 14.5. The van der Waals surface area contributed by atoms with E-state index in [-0.39, 0.29) is 0 Å². The van der Waals surface area contributed by atoms with Crippen LogP contribution in [0.5, 0.6) is 0 Å². The molecule has 10 aromatic carbocycles. The van der Waals surface area contributed by atoms with Crippen LogP contribution in [-0.2, 0) is 0 Å². The van der Waals surface area contributed by atoms with E-state index in [0.29, 0.717) is 0 Å². The smallest absolute Gasteiger partial charge is 0.143 e. The highest BCUT2D eigenvalue weighted by molar-refractivity contribution is 6.20. The molecule has 0 saturated heterocycles. The Labute approximate surface area is 325 Å². The fourth-order valence-electron chi connectivity index (χ4n) is 8.54. The molecule has 0 saturated carbocycles. The second kappa shape index (κ2) is 13.2. The Morgan fingerprint density at radius 3 is 1.66 bits per heavy atom. The Balaban J connectivity index is 1.07. The SMILES string of the molecule is c1ccc(-c2cccc(N(c3ccc(-c4cc5c6cccc(-c7ccccc7)c6oc5c5ccccc45)cc3)c3ccc4c(ccc5ccccc54)c3)c2)cc1. The first-order chi connectivity index (χ1) is 27.8. The number of furan rings is 1. The van der Waals surface area contributed by atoms with Crippen LogP contribution in [0.1, 0.15) is 0 Å². The molecule has 2 heteroatoms. The van der Waals surface area contributed by atoms with Crippen LogP contribution < -0.4 is 4.90 Å². The highest BCUT2D eigenvalue weighted by atomic mass is 16.3. The topological polar surface area (TPSA) is 16.4 Å². The van der Waals surface area contributed by atoms with E-state index in [1.165, 1.54) is 43.6 Å². The summed E-state index contributed by atoms with van der Waals surface area (Å²) in [5, 5.41) is 9.52. The largest absolute Gasteiger partial charge is 0.455 e. The molecule has 0 bridgehead atoms. The number of hydrogen-bond acceptors (Lipinski definition) is 2. The maximum Gasteiger partial charge on any atom is 0.143 e. The summed E-state index contributed by atoms with van der Waals surface area (Å²) in [6.45, 7) is 0. The van der Waals surface area contributed by atoms with E-state index in [2.05, 4.69) is 217 Å². The Kier molecular flexibility index (Phi) is 7.53. The minimum atomic E-state index is 0.920. The van der Waals surface area contributed by atoms with E-state index in [1.54, 1.807) is 0 Å². The van der Waals surface area contributed by atoms with Crippen LogP contribution in [0.2, 0.25) is 0 Å². The normalized spacial score (nSPS) is 11.6. The average molecular weight is 714 g/mol. The lowest BCUT2D eigenvalue weighted by Gasteiger charge is -2.27. The van der Waals surface area contributed by atoms with Gasteiger partial charge in [0.05, 0.1) is 0 Å². The highest BCUT2D eigenvalue weighted by Crippen LogP contribution is 2.44. The maximum absolute atomic E-state index is 6.78. The summed E-state index contributed by atoms with van der Waals surface area (Å²) in [7, 11) is 0. The number of benzene rings is 10. The van der Waals surface area contributed by atoms with Crippen molar-refractivity contribution in [2.75, 3.05) is 4.90 Å². The van der Waals surface area contributed by atoms with Crippen molar-refractivity contribution >= 4 is 71.3 Å². The number of anilines is 3. The van der Waals surface area contributed by atoms with Gasteiger partial charge in [-0.05, 0) is 97.2 Å². The predicted octanol–water partition coefficient (Wildman–Crippen LogP) is 15.5. The fourth-order valence-corrected chi connectivity index (χ4v) is 8.54. The molecular weight excluding hydrogens is 679 g/mol. The van der Waals surface area contributed by atoms with E-state index in [4.69, 9.17) is 4.42 Å². The van der Waals surface area contributed by atoms with Crippen molar-refractivity contribution in [2.45, 2.75) is 0 Å². The number of fused-ring (bicyclic) bond motifs is 8. The minimum Gasteiger partial charge on any atom is -0.455 e. The van der Waals surface area contributed by atoms with Gasteiger partial charge in [0.1, 0.15) is 11.2 Å². The molecule has 1 aromatic heterocycles. The van der Waals surface area contributed by atoms with Gasteiger partial charge in [-0.1, -0.05) is 170 Å². The van der Waals surface area contributed by atoms with Gasteiger partial charge in [-0.25, -0.2) is 0 Å². The molecule has 0 fully saturated rings. The fraction of sp³-hybridized carbons (Fsp3) is 0. The zero-order chi connectivity index (χ0) is 37.0. The molecule has 0 aliphatic heterocycles. The number of nitrogens with zero attached hydrogens (tertiary/aromatic N) is 1. The van der Waals surface area contributed by atoms with Gasteiger partial charge < -0.3 is 9.32 Å². The molecule has 0 N–H and O–H groups in total. The summed E-state index contributed by atoms with van der Waals surface area (Å²) < 4.78 is 6.78. The lowest BCUT2D eigenvalue weighted by atomic mass is 9.94. The summed E-state index contributed by atoms with van der Waals surface area (Å²) in [6.07, 6.45) is 0. The van der Waals surface area contributed by atoms with Gasteiger partial charge in [0.15, 0.2) is 0 Å². The molecule has 0 aliphatic carbocycles. The van der Waals surface area contributed by atoms with E-state index in [0.717, 1.165) is 61.1 Å². The Bertz CT molecular complexity index is 3230. The van der Waals surface area contributed by atoms with Crippen LogP contribution in [0.15, 0.2) is 217 Å². The Hall–Kier alpha value is -7.42. The lowest BCUT2D eigenvalue weighted by Crippen LogP contribution is -2.10. The zero-order valence-electron chi connectivity index (χ0n) is 30.6. The molecule has 0 unspecified atom stereocenters. The minimum absolute atomic E-state index is 0.920. The summed E-state index contributed by atoms with van der Waals surface area (Å²) in [4.78, 5) is 2.38. The van der Waals surface area contributed by atoms with Crippen LogP contribution in [0, 0.1) is 0 Å². The van der Waals surface area contributed by atoms with Crippen molar-refractivity contribution in [2.24, 2.45) is 0 Å². The van der Waals surface area contributed by atoms with Gasteiger partial charge in [-0.15, -0.1) is 0 Å². The van der Waals surface area contributed by atoms with Gasteiger partial charge >= 0.3 is 0 Å². The molecule has 262 valence electrons. The van der Waals surface area contributed by atoms with Gasteiger partial charge in [0.25, 0.3) is 0 Å². The third-order valence-corrected chi connectivity index (χ3v) is 11.2. The molecule has 11 rings (SSSR count). The predicted molar refractivity (Wildman–Crippen MR) is 237 cm³/mol. The number of rotatable bonds is 6. The van der Waals surface area contributed by atoms with Crippen molar-refractivity contribution in [3.05, 3.63) is 212 Å². The van der Waals surface area contributed by atoms with Crippen LogP contribution in [0.3, 0.4) is 0 Å². The van der Waals surface area contributed by atoms with Crippen molar-refractivity contribution in [1.82, 2.24) is 0 Å². The highest BCUT2D eigenvalue weighted by Gasteiger charge is 2.19. The molecular formula is C54H35NO. The quantitative estimate of drug-likeness (QED) is 0.160. The van der Waals surface area contributed by atoms with Crippen LogP contribution in [0.25, 0.3) is 87.6 Å². The molecule has 1 heterocycles. The van der Waals surface area contributed by atoms with Crippen molar-refractivity contribution < 1.29 is 4.42 Å². The van der Waals surface area contributed by atoms with Crippen molar-refractivity contribution in [1.29, 1.82) is 0 Å². The number of hydrogen-bond donors (Lipinski definition) is 0. The first kappa shape index (κ1) is 32.0. The Morgan fingerprint density at radius 1 is 0.268 bits per heavy atom. The van der Waals surface area contributed by atoms with E-state index >= 15 is 0 Å². The molecule has 0 atom stereocenters. The third-order valence-electron chi connectivity index (χ3n) is 11.2. The summed E-state index contributed by atoms with van der Waals surface area (Å²) in [5.41, 5.74) is 12.1. The lowest BCUT2D eigenvalue weighted by molar-refractivity contribution is 0.674. The Morgan fingerprint density at radius 2 is 0.839 bits per heavy atom. The first-order valence-corrected chi connectivity index (χ1v) is 19.2. The third kappa shape index (κ3) is 5.34. The van der Waals surface area contributed by atoms with Crippen LogP contribution in [-0.4, -0.2) is 0 Å². The second-order valence-electron chi connectivity index (χ2n) is 14.5. The van der Waals surface area contributed by atoms with Gasteiger partial charge in [0, 0.05) is 38.8 Å². The molecule has 0 radical (unpaired) electrons. The standard InChI is InChI=1S/C54H35NO/c1-3-13-36(14-4-1)40-18-11-19-43(33-40)55(44-31-32-46-41(34-44)26-25-38-17-7-8-20-45(38)46)42-29-27-39(28-30-42)51-35-52-50-24-12-23-47(37-15-5-2-6-16-37)53(50)56-54(52)49-22-10-9-21-48(49)51/h1-35H. The molecule has 56 heavy (non-hydrogen) atoms. The summed E-state index contributed by atoms with van der Waals surface area (Å²) in [5.74, 6) is 0. The van der Waals surface area contributed by atoms with Crippen LogP contribution in [0.4, 0.5) is 17.1 Å². The van der Waals surface area contributed by atoms with Crippen molar-refractivity contribution in [3.63, 3.8) is 0 Å². The zero-order valence-corrected chi connectivity index (χ0v) is 30.6. The summed E-state index contributed by atoms with van der Waals surface area (Å²) in [6, 6.07) is 76.4. The van der Waals surface area contributed by atoms with Crippen molar-refractivity contribution in [3.8, 4) is 33.4 Å². The maximum atomic E-state index is 6.78. The van der Waals surface area contributed by atoms with Crippen LogP contribution >= 0.6 is 0 Å². The van der Waals surface area contributed by atoms with E-state index < -0.39 is 0 Å².